The number of carbonyl (C=O) groups excluding carboxylic acids is 2. The quantitative estimate of drug-likeness (QED) is 0.0409. The van der Waals surface area contributed by atoms with E-state index in [1.807, 2.05) is 26.2 Å². The molecular formula is C64H66N2O6. The van der Waals surface area contributed by atoms with Gasteiger partial charge in [-0.25, -0.2) is 0 Å². The smallest absolute Gasteiger partial charge is 0.308 e. The number of ether oxygens (including phenoxy) is 2. The minimum Gasteiger partial charge on any atom is -0.426 e. The maximum absolute atomic E-state index is 12.6. The van der Waals surface area contributed by atoms with Gasteiger partial charge in [0.2, 0.25) is 0 Å². The Morgan fingerprint density at radius 2 is 0.792 bits per heavy atom. The van der Waals surface area contributed by atoms with Crippen LogP contribution in [0.25, 0.3) is 43.8 Å². The van der Waals surface area contributed by atoms with Crippen LogP contribution in [0.5, 0.6) is 11.5 Å². The van der Waals surface area contributed by atoms with Gasteiger partial charge in [-0.15, -0.1) is 0 Å². The summed E-state index contributed by atoms with van der Waals surface area (Å²) >= 11 is 0. The van der Waals surface area contributed by atoms with Gasteiger partial charge in [-0.05, 0) is 138 Å². The molecule has 0 atom stereocenters. The van der Waals surface area contributed by atoms with Crippen molar-refractivity contribution in [2.75, 3.05) is 19.0 Å². The summed E-state index contributed by atoms with van der Waals surface area (Å²) in [6.07, 6.45) is 0. The molecule has 0 heterocycles. The number of anilines is 1. The Labute approximate surface area is 425 Å². The van der Waals surface area contributed by atoms with E-state index in [1.54, 1.807) is 12.1 Å². The highest BCUT2D eigenvalue weighted by Crippen LogP contribution is 2.46. The summed E-state index contributed by atoms with van der Waals surface area (Å²) in [4.78, 5) is 38.6. The van der Waals surface area contributed by atoms with Crippen LogP contribution in [0.15, 0.2) is 109 Å². The third-order valence-corrected chi connectivity index (χ3v) is 12.8. The molecule has 0 N–H and O–H groups in total. The van der Waals surface area contributed by atoms with E-state index in [0.717, 1.165) is 88.4 Å². The summed E-state index contributed by atoms with van der Waals surface area (Å²) in [5, 5.41) is 15.2. The number of rotatable bonds is 6. The monoisotopic (exact) mass is 958 g/mol. The van der Waals surface area contributed by atoms with E-state index < -0.39 is 4.92 Å². The summed E-state index contributed by atoms with van der Waals surface area (Å²) in [6.45, 7) is 28.4. The van der Waals surface area contributed by atoms with Crippen LogP contribution < -0.4 is 14.4 Å². The van der Waals surface area contributed by atoms with E-state index in [1.165, 1.54) is 26.0 Å². The summed E-state index contributed by atoms with van der Waals surface area (Å²) in [5.41, 5.74) is 10.1. The van der Waals surface area contributed by atoms with Crippen LogP contribution in [-0.4, -0.2) is 31.0 Å². The third-order valence-electron chi connectivity index (χ3n) is 12.8. The first-order chi connectivity index (χ1) is 33.5. The maximum atomic E-state index is 12.6. The molecule has 0 radical (unpaired) electrons. The van der Waals surface area contributed by atoms with E-state index >= 15 is 0 Å². The lowest BCUT2D eigenvalue weighted by molar-refractivity contribution is -0.384. The van der Waals surface area contributed by atoms with Gasteiger partial charge in [0.15, 0.2) is 0 Å². The van der Waals surface area contributed by atoms with Crippen LogP contribution in [0.3, 0.4) is 0 Å². The molecule has 7 aromatic rings. The standard InChI is InChI=1S/C64H66N2O6/c1-39(67)71-59-55(61(3,4)5)35-45(36-56(59)62(6,7)8)43-23-31-50-49(29-21-41-17-25-47(26-18-41)65(15)16)51-32-24-44(46-37-57(63(9,10)11)60(72-40(2)68)58(38-46)64(12,13)14)34-54(51)52(53(50)33-43)30-22-42-19-27-48(28-20-42)66(69)70/h17-20,23-28,31-38H,1-16H3. The number of nitro groups is 1. The molecule has 0 bridgehead atoms. The predicted molar refractivity (Wildman–Crippen MR) is 296 cm³/mol. The number of nitrogens with zero attached hydrogens (tertiary/aromatic N) is 2. The van der Waals surface area contributed by atoms with Crippen molar-refractivity contribution in [2.45, 2.75) is 119 Å². The Morgan fingerprint density at radius 3 is 1.10 bits per heavy atom. The van der Waals surface area contributed by atoms with Gasteiger partial charge >= 0.3 is 11.9 Å². The lowest BCUT2D eigenvalue weighted by atomic mass is 9.77. The Morgan fingerprint density at radius 1 is 0.458 bits per heavy atom. The van der Waals surface area contributed by atoms with Gasteiger partial charge in [0.25, 0.3) is 5.69 Å². The lowest BCUT2D eigenvalue weighted by Crippen LogP contribution is -2.21. The van der Waals surface area contributed by atoms with Crippen LogP contribution in [-0.2, 0) is 31.2 Å². The molecule has 0 aliphatic rings. The van der Waals surface area contributed by atoms with Crippen molar-refractivity contribution in [1.82, 2.24) is 0 Å². The molecule has 8 heteroatoms. The fourth-order valence-corrected chi connectivity index (χ4v) is 8.96. The van der Waals surface area contributed by atoms with E-state index in [9.17, 15) is 19.7 Å². The van der Waals surface area contributed by atoms with Gasteiger partial charge in [0, 0.05) is 90.3 Å². The van der Waals surface area contributed by atoms with Crippen molar-refractivity contribution in [3.63, 3.8) is 0 Å². The summed E-state index contributed by atoms with van der Waals surface area (Å²) in [7, 11) is 4.02. The summed E-state index contributed by atoms with van der Waals surface area (Å²) in [6, 6.07) is 35.9. The number of nitro benzene ring substituents is 1. The van der Waals surface area contributed by atoms with Crippen molar-refractivity contribution in [1.29, 1.82) is 0 Å². The van der Waals surface area contributed by atoms with Crippen LogP contribution in [0.1, 0.15) is 141 Å². The van der Waals surface area contributed by atoms with E-state index in [4.69, 9.17) is 9.47 Å². The first-order valence-electron chi connectivity index (χ1n) is 24.4. The normalized spacial score (nSPS) is 11.9. The zero-order valence-electron chi connectivity index (χ0n) is 44.7. The Hall–Kier alpha value is -7.68. The first kappa shape index (κ1) is 52.2. The van der Waals surface area contributed by atoms with Gasteiger partial charge < -0.3 is 14.4 Å². The van der Waals surface area contributed by atoms with Crippen LogP contribution in [0, 0.1) is 33.8 Å². The number of benzene rings is 7. The van der Waals surface area contributed by atoms with Gasteiger partial charge in [-0.2, -0.15) is 0 Å². The number of hydrogen-bond donors (Lipinski definition) is 0. The van der Waals surface area contributed by atoms with E-state index in [0.29, 0.717) is 17.1 Å². The van der Waals surface area contributed by atoms with E-state index in [-0.39, 0.29) is 39.3 Å². The van der Waals surface area contributed by atoms with Crippen molar-refractivity contribution in [3.05, 3.63) is 164 Å². The fraction of sp³-hybridized carbons (Fsp3) is 0.312. The molecule has 0 aliphatic heterocycles. The summed E-state index contributed by atoms with van der Waals surface area (Å²) in [5.74, 6) is 14.5. The molecule has 0 fully saturated rings. The zero-order chi connectivity index (χ0) is 52.8. The second-order valence-corrected chi connectivity index (χ2v) is 23.0. The molecule has 0 amide bonds. The average molecular weight is 959 g/mol. The van der Waals surface area contributed by atoms with Crippen LogP contribution in [0.2, 0.25) is 0 Å². The molecule has 7 aromatic carbocycles. The third kappa shape index (κ3) is 11.3. The Kier molecular flexibility index (Phi) is 14.1. The lowest BCUT2D eigenvalue weighted by Gasteiger charge is -2.30. The minimum absolute atomic E-state index is 0.0158. The molecule has 0 saturated heterocycles. The second kappa shape index (κ2) is 19.5. The van der Waals surface area contributed by atoms with E-state index in [2.05, 4.69) is 184 Å². The molecule has 0 unspecified atom stereocenters. The Bertz CT molecular complexity index is 3210. The van der Waals surface area contributed by atoms with Gasteiger partial charge in [0.05, 0.1) is 4.92 Å². The van der Waals surface area contributed by atoms with Crippen LogP contribution >= 0.6 is 0 Å². The Balaban J connectivity index is 1.64. The molecule has 0 aliphatic carbocycles. The first-order valence-corrected chi connectivity index (χ1v) is 24.4. The summed E-state index contributed by atoms with van der Waals surface area (Å²) < 4.78 is 12.1. The molecule has 8 nitrogen and oxygen atoms in total. The van der Waals surface area contributed by atoms with Crippen molar-refractivity contribution in [2.24, 2.45) is 0 Å². The molecule has 0 aromatic heterocycles. The average Bonchev–Trinajstić information content (AvgIpc) is 3.28. The fourth-order valence-electron chi connectivity index (χ4n) is 8.96. The molecule has 7 rings (SSSR count). The van der Waals surface area contributed by atoms with Crippen molar-refractivity contribution < 1.29 is 24.0 Å². The highest BCUT2D eigenvalue weighted by atomic mass is 16.6. The second-order valence-electron chi connectivity index (χ2n) is 23.0. The molecule has 72 heavy (non-hydrogen) atoms. The van der Waals surface area contributed by atoms with Gasteiger partial charge in [0.1, 0.15) is 11.5 Å². The number of esters is 2. The topological polar surface area (TPSA) is 99.0 Å². The number of non-ortho nitro benzene ring substituents is 1. The highest BCUT2D eigenvalue weighted by molar-refractivity contribution is 6.12. The molecule has 0 spiro atoms. The largest absolute Gasteiger partial charge is 0.426 e. The van der Waals surface area contributed by atoms with Crippen molar-refractivity contribution >= 4 is 44.9 Å². The SMILES string of the molecule is CC(=O)Oc1c(C(C)(C)C)cc(-c2ccc3c(C#Cc4ccc(N(C)C)cc4)c4ccc(-c5cc(C(C)(C)C)c(OC(C)=O)c(C(C)(C)C)c5)cc4c(C#Cc4ccc([N+](=O)[O-])cc4)c3c2)cc1C(C)(C)C. The molecule has 368 valence electrons. The van der Waals surface area contributed by atoms with Crippen LogP contribution in [0.4, 0.5) is 11.4 Å². The minimum atomic E-state index is -0.415. The highest BCUT2D eigenvalue weighted by Gasteiger charge is 2.31. The molecular weight excluding hydrogens is 893 g/mol. The van der Waals surface area contributed by atoms with Gasteiger partial charge in [-0.3, -0.25) is 19.7 Å². The maximum Gasteiger partial charge on any atom is 0.308 e. The van der Waals surface area contributed by atoms with Gasteiger partial charge in [-0.1, -0.05) is 131 Å². The zero-order valence-corrected chi connectivity index (χ0v) is 44.7. The number of carbonyl (C=O) groups is 2. The number of hydrogen-bond acceptors (Lipinski definition) is 7. The van der Waals surface area contributed by atoms with Crippen molar-refractivity contribution in [3.8, 4) is 57.4 Å². The molecule has 0 saturated carbocycles. The predicted octanol–water partition coefficient (Wildman–Crippen LogP) is 15.1. The number of fused-ring (bicyclic) bond motifs is 2.